The van der Waals surface area contributed by atoms with E-state index >= 15 is 0 Å². The number of anilines is 3. The van der Waals surface area contributed by atoms with Crippen LogP contribution in [0.25, 0.3) is 11.0 Å². The minimum atomic E-state index is -0.0179. The van der Waals surface area contributed by atoms with Gasteiger partial charge in [0.1, 0.15) is 16.8 Å². The summed E-state index contributed by atoms with van der Waals surface area (Å²) in [5, 5.41) is 3.48. The van der Waals surface area contributed by atoms with Gasteiger partial charge in [0.25, 0.3) is 0 Å². The fourth-order valence-corrected chi connectivity index (χ4v) is 2.79. The lowest BCUT2D eigenvalue weighted by atomic mass is 9.96. The average Bonchev–Trinajstić information content (AvgIpc) is 2.74. The number of aryl methyl sites for hydroxylation is 1. The number of nitrogens with one attached hydrogen (secondary N) is 1. The predicted octanol–water partition coefficient (Wildman–Crippen LogP) is 3.64. The number of imidazole rings is 1. The maximum atomic E-state index is 5.90. The molecule has 6 nitrogen and oxygen atoms in total. The highest BCUT2D eigenvalue weighted by molar-refractivity contribution is 6.29. The number of hydrogen-bond donors (Lipinski definition) is 2. The maximum absolute atomic E-state index is 5.90. The monoisotopic (exact) mass is 330 g/mol. The van der Waals surface area contributed by atoms with Gasteiger partial charge in [0.15, 0.2) is 0 Å². The fraction of sp³-hybridized carbons (Fsp3) is 0.312. The Kier molecular flexibility index (Phi) is 3.64. The van der Waals surface area contributed by atoms with Crippen LogP contribution in [0.5, 0.6) is 0 Å². The number of fused-ring (bicyclic) bond motifs is 1. The Hall–Kier alpha value is -2.34. The molecule has 23 heavy (non-hydrogen) atoms. The third kappa shape index (κ3) is 3.07. The fourth-order valence-electron chi connectivity index (χ4n) is 2.60. The van der Waals surface area contributed by atoms with Crippen molar-refractivity contribution in [1.29, 1.82) is 0 Å². The van der Waals surface area contributed by atoms with Crippen LogP contribution in [0.1, 0.15) is 26.6 Å². The maximum Gasteiger partial charge on any atom is 0.223 e. The zero-order valence-electron chi connectivity index (χ0n) is 13.6. The van der Waals surface area contributed by atoms with E-state index in [0.29, 0.717) is 11.0 Å². The molecular formula is C16H19ClN6. The van der Waals surface area contributed by atoms with Crippen LogP contribution >= 0.6 is 11.6 Å². The van der Waals surface area contributed by atoms with Crippen LogP contribution in [0.3, 0.4) is 0 Å². The molecule has 0 aliphatic rings. The van der Waals surface area contributed by atoms with E-state index in [1.807, 2.05) is 25.2 Å². The zero-order chi connectivity index (χ0) is 16.8. The van der Waals surface area contributed by atoms with Gasteiger partial charge >= 0.3 is 0 Å². The molecule has 7 heteroatoms. The molecule has 2 heterocycles. The minimum Gasteiger partial charge on any atom is -0.368 e. The molecule has 0 aliphatic heterocycles. The van der Waals surface area contributed by atoms with Crippen molar-refractivity contribution in [3.63, 3.8) is 0 Å². The molecule has 3 N–H and O–H groups in total. The second-order valence-electron chi connectivity index (χ2n) is 6.51. The van der Waals surface area contributed by atoms with Gasteiger partial charge < -0.3 is 15.6 Å². The van der Waals surface area contributed by atoms with Crippen LogP contribution in [-0.4, -0.2) is 19.5 Å². The SMILES string of the molecule is Cn1c(C(C)(C)C)nc2cc(Nc3cc(Cl)nc(N)n3)ccc21. The first-order valence-corrected chi connectivity index (χ1v) is 7.66. The van der Waals surface area contributed by atoms with E-state index in [4.69, 9.17) is 22.3 Å². The van der Waals surface area contributed by atoms with Crippen molar-refractivity contribution in [1.82, 2.24) is 19.5 Å². The Morgan fingerprint density at radius 3 is 2.52 bits per heavy atom. The first kappa shape index (κ1) is 15.6. The van der Waals surface area contributed by atoms with E-state index in [-0.39, 0.29) is 11.4 Å². The van der Waals surface area contributed by atoms with Gasteiger partial charge in [-0.2, -0.15) is 4.98 Å². The molecule has 3 aromatic rings. The number of hydrogen-bond acceptors (Lipinski definition) is 5. The van der Waals surface area contributed by atoms with Crippen molar-refractivity contribution in [3.05, 3.63) is 35.2 Å². The summed E-state index contributed by atoms with van der Waals surface area (Å²) in [5.74, 6) is 1.72. The molecule has 1 aromatic carbocycles. The summed E-state index contributed by atoms with van der Waals surface area (Å²) in [7, 11) is 2.04. The Morgan fingerprint density at radius 1 is 1.13 bits per heavy atom. The lowest BCUT2D eigenvalue weighted by molar-refractivity contribution is 0.526. The number of halogens is 1. The standard InChI is InChI=1S/C16H19ClN6/c1-16(2,3)14-20-10-7-9(5-6-11(10)23(14)4)19-13-8-12(17)21-15(18)22-13/h5-8H,1-4H3,(H3,18,19,21,22). The third-order valence-electron chi connectivity index (χ3n) is 3.54. The minimum absolute atomic E-state index is 0.0179. The molecule has 0 fully saturated rings. The number of nitrogens with two attached hydrogens (primary N) is 1. The summed E-state index contributed by atoms with van der Waals surface area (Å²) in [4.78, 5) is 12.7. The summed E-state index contributed by atoms with van der Waals surface area (Å²) in [6.07, 6.45) is 0. The van der Waals surface area contributed by atoms with Crippen LogP contribution in [0.15, 0.2) is 24.3 Å². The van der Waals surface area contributed by atoms with Crippen LogP contribution in [0.2, 0.25) is 5.15 Å². The van der Waals surface area contributed by atoms with Gasteiger partial charge in [-0.05, 0) is 18.2 Å². The van der Waals surface area contributed by atoms with Crippen LogP contribution in [0, 0.1) is 0 Å². The van der Waals surface area contributed by atoms with E-state index in [2.05, 4.69) is 40.6 Å². The lowest BCUT2D eigenvalue weighted by Gasteiger charge is -2.17. The van der Waals surface area contributed by atoms with Gasteiger partial charge in [-0.1, -0.05) is 32.4 Å². The van der Waals surface area contributed by atoms with E-state index in [1.54, 1.807) is 6.07 Å². The summed E-state index contributed by atoms with van der Waals surface area (Å²) < 4.78 is 2.12. The highest BCUT2D eigenvalue weighted by Gasteiger charge is 2.21. The summed E-state index contributed by atoms with van der Waals surface area (Å²) in [6, 6.07) is 7.62. The molecule has 2 aromatic heterocycles. The Morgan fingerprint density at radius 2 is 1.87 bits per heavy atom. The van der Waals surface area contributed by atoms with Crippen molar-refractivity contribution in [2.24, 2.45) is 7.05 Å². The number of benzene rings is 1. The summed E-state index contributed by atoms with van der Waals surface area (Å²) >= 11 is 5.90. The van der Waals surface area contributed by atoms with Crippen LogP contribution in [0.4, 0.5) is 17.5 Å². The first-order valence-electron chi connectivity index (χ1n) is 7.28. The predicted molar refractivity (Wildman–Crippen MR) is 94.2 cm³/mol. The number of nitrogens with zero attached hydrogens (tertiary/aromatic N) is 4. The first-order chi connectivity index (χ1) is 10.7. The molecule has 0 atom stereocenters. The van der Waals surface area contributed by atoms with Crippen molar-refractivity contribution in [2.75, 3.05) is 11.1 Å². The van der Waals surface area contributed by atoms with Gasteiger partial charge in [-0.15, -0.1) is 0 Å². The van der Waals surface area contributed by atoms with E-state index < -0.39 is 0 Å². The highest BCUT2D eigenvalue weighted by atomic mass is 35.5. The number of rotatable bonds is 2. The van der Waals surface area contributed by atoms with Gasteiger partial charge in [-0.3, -0.25) is 0 Å². The Balaban J connectivity index is 2.00. The number of nitrogen functional groups attached to an aromatic ring is 1. The van der Waals surface area contributed by atoms with Gasteiger partial charge in [-0.25, -0.2) is 9.97 Å². The van der Waals surface area contributed by atoms with Crippen molar-refractivity contribution in [3.8, 4) is 0 Å². The normalized spacial score (nSPS) is 11.9. The zero-order valence-corrected chi connectivity index (χ0v) is 14.3. The van der Waals surface area contributed by atoms with Crippen LogP contribution < -0.4 is 11.1 Å². The van der Waals surface area contributed by atoms with E-state index in [0.717, 1.165) is 22.5 Å². The van der Waals surface area contributed by atoms with Gasteiger partial charge in [0, 0.05) is 24.2 Å². The van der Waals surface area contributed by atoms with Gasteiger partial charge in [0.05, 0.1) is 11.0 Å². The van der Waals surface area contributed by atoms with E-state index in [9.17, 15) is 0 Å². The summed E-state index contributed by atoms with van der Waals surface area (Å²) in [5.41, 5.74) is 8.47. The largest absolute Gasteiger partial charge is 0.368 e. The quantitative estimate of drug-likeness (QED) is 0.701. The molecule has 0 saturated heterocycles. The molecule has 0 aliphatic carbocycles. The number of aromatic nitrogens is 4. The Labute approximate surface area is 139 Å². The topological polar surface area (TPSA) is 81.7 Å². The van der Waals surface area contributed by atoms with Crippen molar-refractivity contribution >= 4 is 40.1 Å². The third-order valence-corrected chi connectivity index (χ3v) is 3.73. The molecule has 0 saturated carbocycles. The highest BCUT2D eigenvalue weighted by Crippen LogP contribution is 2.28. The second-order valence-corrected chi connectivity index (χ2v) is 6.89. The van der Waals surface area contributed by atoms with Crippen molar-refractivity contribution in [2.45, 2.75) is 26.2 Å². The molecular weight excluding hydrogens is 312 g/mol. The molecule has 0 unspecified atom stereocenters. The molecule has 0 bridgehead atoms. The second kappa shape index (κ2) is 5.38. The molecule has 0 amide bonds. The summed E-state index contributed by atoms with van der Waals surface area (Å²) in [6.45, 7) is 6.46. The average molecular weight is 331 g/mol. The molecule has 3 rings (SSSR count). The van der Waals surface area contributed by atoms with Crippen LogP contribution in [-0.2, 0) is 12.5 Å². The van der Waals surface area contributed by atoms with E-state index in [1.165, 1.54) is 0 Å². The smallest absolute Gasteiger partial charge is 0.223 e. The van der Waals surface area contributed by atoms with Gasteiger partial charge in [0.2, 0.25) is 5.95 Å². The lowest BCUT2D eigenvalue weighted by Crippen LogP contribution is -2.17. The Bertz CT molecular complexity index is 858. The molecule has 120 valence electrons. The molecule has 0 radical (unpaired) electrons. The van der Waals surface area contributed by atoms with Crippen molar-refractivity contribution < 1.29 is 0 Å². The molecule has 0 spiro atoms.